The maximum absolute atomic E-state index is 13.2. The second kappa shape index (κ2) is 11.7. The third-order valence-corrected chi connectivity index (χ3v) is 6.81. The molecule has 3 nitrogen and oxygen atoms in total. The van der Waals surface area contributed by atoms with E-state index < -0.39 is 35.2 Å². The standard InChI is InChI=1S/C28H26F9N3/c29-26(30,31)21-6-8-24(9-7-21)39-10-12-40(13-11-39)25(20-4-2-1-3-5-20)18-38-17-19-14-22(27(32,33)34)16-23(15-19)28(35,36)37/h1-9,14-16,25,38H,10-13,17-18H2. The molecular formula is C28H26F9N3. The predicted octanol–water partition coefficient (Wildman–Crippen LogP) is 7.40. The van der Waals surface area contributed by atoms with E-state index >= 15 is 0 Å². The summed E-state index contributed by atoms with van der Waals surface area (Å²) in [5, 5.41) is 3.02. The Kier molecular flexibility index (Phi) is 8.69. The maximum Gasteiger partial charge on any atom is 0.416 e. The monoisotopic (exact) mass is 575 g/mol. The van der Waals surface area contributed by atoms with Crippen LogP contribution in [-0.4, -0.2) is 37.6 Å². The molecule has 1 aliphatic heterocycles. The highest BCUT2D eigenvalue weighted by atomic mass is 19.4. The normalized spacial score (nSPS) is 16.3. The van der Waals surface area contributed by atoms with Gasteiger partial charge in [-0.05, 0) is 53.6 Å². The summed E-state index contributed by atoms with van der Waals surface area (Å²) >= 11 is 0. The van der Waals surface area contributed by atoms with Gasteiger partial charge in [-0.3, -0.25) is 4.90 Å². The molecule has 1 aliphatic rings. The van der Waals surface area contributed by atoms with Gasteiger partial charge in [0.05, 0.1) is 16.7 Å². The summed E-state index contributed by atoms with van der Waals surface area (Å²) in [6.07, 6.45) is -14.3. The van der Waals surface area contributed by atoms with Crippen LogP contribution in [-0.2, 0) is 25.1 Å². The van der Waals surface area contributed by atoms with Gasteiger partial charge in [-0.25, -0.2) is 0 Å². The summed E-state index contributed by atoms with van der Waals surface area (Å²) < 4.78 is 118. The van der Waals surface area contributed by atoms with Crippen molar-refractivity contribution in [2.24, 2.45) is 0 Å². The van der Waals surface area contributed by atoms with Crippen molar-refractivity contribution in [3.8, 4) is 0 Å². The molecule has 0 aliphatic carbocycles. The third kappa shape index (κ3) is 7.48. The summed E-state index contributed by atoms with van der Waals surface area (Å²) in [6.45, 7) is 2.19. The van der Waals surface area contributed by atoms with Gasteiger partial charge in [0, 0.05) is 51.0 Å². The Balaban J connectivity index is 1.45. The molecule has 1 heterocycles. The zero-order chi connectivity index (χ0) is 29.1. The fraction of sp³-hybridized carbons (Fsp3) is 0.357. The molecule has 3 aromatic carbocycles. The number of nitrogens with zero attached hydrogens (tertiary/aromatic N) is 2. The summed E-state index contributed by atoms with van der Waals surface area (Å²) in [5.41, 5.74) is -2.02. The second-order valence-electron chi connectivity index (χ2n) is 9.54. The molecule has 1 N–H and O–H groups in total. The number of hydrogen-bond donors (Lipinski definition) is 1. The van der Waals surface area contributed by atoms with Crippen LogP contribution in [0.15, 0.2) is 72.8 Å². The zero-order valence-corrected chi connectivity index (χ0v) is 21.0. The molecule has 1 saturated heterocycles. The Bertz CT molecular complexity index is 1210. The van der Waals surface area contributed by atoms with Crippen LogP contribution >= 0.6 is 0 Å². The number of rotatable bonds is 7. The van der Waals surface area contributed by atoms with E-state index in [-0.39, 0.29) is 30.8 Å². The minimum absolute atomic E-state index is 0.104. The lowest BCUT2D eigenvalue weighted by atomic mass is 10.0. The average Bonchev–Trinajstić information content (AvgIpc) is 2.90. The maximum atomic E-state index is 13.2. The van der Waals surface area contributed by atoms with Gasteiger partial charge in [0.2, 0.25) is 0 Å². The van der Waals surface area contributed by atoms with E-state index in [2.05, 4.69) is 10.2 Å². The molecule has 4 rings (SSSR count). The molecule has 1 atom stereocenters. The van der Waals surface area contributed by atoms with Gasteiger partial charge in [-0.15, -0.1) is 0 Å². The van der Waals surface area contributed by atoms with Crippen LogP contribution < -0.4 is 10.2 Å². The Hall–Kier alpha value is -3.25. The van der Waals surface area contributed by atoms with Crippen molar-refractivity contribution >= 4 is 5.69 Å². The minimum Gasteiger partial charge on any atom is -0.369 e. The molecule has 12 heteroatoms. The smallest absolute Gasteiger partial charge is 0.369 e. The van der Waals surface area contributed by atoms with Crippen molar-refractivity contribution in [1.82, 2.24) is 10.2 Å². The summed E-state index contributed by atoms with van der Waals surface area (Å²) in [7, 11) is 0. The highest BCUT2D eigenvalue weighted by molar-refractivity contribution is 5.48. The molecule has 0 saturated carbocycles. The van der Waals surface area contributed by atoms with Crippen LogP contribution in [0.5, 0.6) is 0 Å². The van der Waals surface area contributed by atoms with E-state index in [1.165, 1.54) is 12.1 Å². The first kappa shape index (κ1) is 29.7. The van der Waals surface area contributed by atoms with Crippen LogP contribution in [0.25, 0.3) is 0 Å². The number of halogens is 9. The summed E-state index contributed by atoms with van der Waals surface area (Å²) in [6, 6.07) is 15.5. The topological polar surface area (TPSA) is 18.5 Å². The van der Waals surface area contributed by atoms with Gasteiger partial charge in [0.15, 0.2) is 0 Å². The van der Waals surface area contributed by atoms with Crippen LogP contribution in [0.4, 0.5) is 45.2 Å². The molecule has 3 aromatic rings. The molecule has 216 valence electrons. The van der Waals surface area contributed by atoms with Crippen molar-refractivity contribution in [2.45, 2.75) is 31.1 Å². The van der Waals surface area contributed by atoms with Gasteiger partial charge >= 0.3 is 18.5 Å². The van der Waals surface area contributed by atoms with Crippen LogP contribution in [0.2, 0.25) is 0 Å². The Labute approximate surface area is 225 Å². The van der Waals surface area contributed by atoms with Gasteiger partial charge in [0.25, 0.3) is 0 Å². The van der Waals surface area contributed by atoms with Crippen LogP contribution in [0, 0.1) is 0 Å². The number of anilines is 1. The highest BCUT2D eigenvalue weighted by Gasteiger charge is 2.37. The predicted molar refractivity (Wildman–Crippen MR) is 133 cm³/mol. The summed E-state index contributed by atoms with van der Waals surface area (Å²) in [4.78, 5) is 4.10. The van der Waals surface area contributed by atoms with Gasteiger partial charge in [-0.1, -0.05) is 30.3 Å². The first-order valence-corrected chi connectivity index (χ1v) is 12.4. The van der Waals surface area contributed by atoms with Crippen molar-refractivity contribution in [2.75, 3.05) is 37.6 Å². The lowest BCUT2D eigenvalue weighted by Crippen LogP contribution is -2.49. The molecule has 1 fully saturated rings. The number of hydrogen-bond acceptors (Lipinski definition) is 3. The fourth-order valence-corrected chi connectivity index (χ4v) is 4.76. The number of alkyl halides is 9. The van der Waals surface area contributed by atoms with E-state index in [0.717, 1.165) is 17.7 Å². The SMILES string of the molecule is FC(F)(F)c1ccc(N2CCN(C(CNCc3cc(C(F)(F)F)cc(C(F)(F)F)c3)c3ccccc3)CC2)cc1. The van der Waals surface area contributed by atoms with Crippen molar-refractivity contribution in [3.63, 3.8) is 0 Å². The summed E-state index contributed by atoms with van der Waals surface area (Å²) in [5.74, 6) is 0. The second-order valence-corrected chi connectivity index (χ2v) is 9.54. The van der Waals surface area contributed by atoms with Crippen molar-refractivity contribution in [1.29, 1.82) is 0 Å². The zero-order valence-electron chi connectivity index (χ0n) is 21.0. The van der Waals surface area contributed by atoms with E-state index in [4.69, 9.17) is 0 Å². The lowest BCUT2D eigenvalue weighted by Gasteiger charge is -2.40. The number of piperazine rings is 1. The van der Waals surface area contributed by atoms with E-state index in [0.29, 0.717) is 44.0 Å². The molecule has 0 spiro atoms. The Morgan fingerprint density at radius 2 is 1.15 bits per heavy atom. The van der Waals surface area contributed by atoms with E-state index in [1.54, 1.807) is 0 Å². The van der Waals surface area contributed by atoms with Crippen molar-refractivity contribution in [3.05, 3.63) is 101 Å². The van der Waals surface area contributed by atoms with E-state index in [1.807, 2.05) is 35.2 Å². The van der Waals surface area contributed by atoms with Crippen LogP contribution in [0.1, 0.15) is 33.9 Å². The molecule has 0 aromatic heterocycles. The molecular weight excluding hydrogens is 549 g/mol. The molecule has 40 heavy (non-hydrogen) atoms. The van der Waals surface area contributed by atoms with Crippen molar-refractivity contribution < 1.29 is 39.5 Å². The van der Waals surface area contributed by atoms with Gasteiger partial charge in [0.1, 0.15) is 0 Å². The molecule has 1 unspecified atom stereocenters. The number of benzene rings is 3. The Morgan fingerprint density at radius 1 is 0.625 bits per heavy atom. The minimum atomic E-state index is -4.92. The molecule has 0 amide bonds. The highest BCUT2D eigenvalue weighted by Crippen LogP contribution is 2.36. The van der Waals surface area contributed by atoms with E-state index in [9.17, 15) is 39.5 Å². The fourth-order valence-electron chi connectivity index (χ4n) is 4.76. The lowest BCUT2D eigenvalue weighted by molar-refractivity contribution is -0.143. The molecule has 0 radical (unpaired) electrons. The quantitative estimate of drug-likeness (QED) is 0.297. The first-order valence-electron chi connectivity index (χ1n) is 12.4. The van der Waals surface area contributed by atoms with Gasteiger partial charge < -0.3 is 10.2 Å². The molecule has 0 bridgehead atoms. The van der Waals surface area contributed by atoms with Gasteiger partial charge in [-0.2, -0.15) is 39.5 Å². The van der Waals surface area contributed by atoms with Crippen LogP contribution in [0.3, 0.4) is 0 Å². The Morgan fingerprint density at radius 3 is 1.65 bits per heavy atom. The largest absolute Gasteiger partial charge is 0.416 e. The third-order valence-electron chi connectivity index (χ3n) is 6.81. The average molecular weight is 576 g/mol. The first-order chi connectivity index (χ1) is 18.7. The number of nitrogens with one attached hydrogen (secondary N) is 1.